The van der Waals surface area contributed by atoms with Crippen molar-refractivity contribution in [2.24, 2.45) is 11.7 Å². The number of piperidine rings is 1. The molecular formula is C12H25N3O. The summed E-state index contributed by atoms with van der Waals surface area (Å²) in [4.78, 5) is 14.3. The molecule has 1 heterocycles. The van der Waals surface area contributed by atoms with Gasteiger partial charge in [-0.25, -0.2) is 0 Å². The highest BCUT2D eigenvalue weighted by molar-refractivity contribution is 5.79. The summed E-state index contributed by atoms with van der Waals surface area (Å²) in [5.41, 5.74) is 5.41. The molecule has 1 atom stereocenters. The summed E-state index contributed by atoms with van der Waals surface area (Å²) >= 11 is 0. The number of amides is 1. The van der Waals surface area contributed by atoms with Gasteiger partial charge in [0.25, 0.3) is 0 Å². The van der Waals surface area contributed by atoms with Crippen molar-refractivity contribution >= 4 is 5.91 Å². The second-order valence-electron chi connectivity index (χ2n) is 5.67. The summed E-state index contributed by atoms with van der Waals surface area (Å²) < 4.78 is 0. The zero-order valence-electron chi connectivity index (χ0n) is 10.8. The second-order valence-corrected chi connectivity index (χ2v) is 5.67. The largest absolute Gasteiger partial charge is 0.351 e. The normalized spacial score (nSPS) is 23.1. The van der Waals surface area contributed by atoms with E-state index in [1.54, 1.807) is 0 Å². The van der Waals surface area contributed by atoms with Crippen molar-refractivity contribution < 1.29 is 4.79 Å². The van der Waals surface area contributed by atoms with Crippen LogP contribution in [0.25, 0.3) is 0 Å². The molecule has 1 fully saturated rings. The Hall–Kier alpha value is -0.610. The maximum atomic E-state index is 12.0. The van der Waals surface area contributed by atoms with Crippen LogP contribution in [0.4, 0.5) is 0 Å². The van der Waals surface area contributed by atoms with Crippen molar-refractivity contribution in [3.05, 3.63) is 0 Å². The predicted octanol–water partition coefficient (Wildman–Crippen LogP) is 0.572. The van der Waals surface area contributed by atoms with Gasteiger partial charge in [0, 0.05) is 25.2 Å². The highest BCUT2D eigenvalue weighted by Gasteiger charge is 2.27. The maximum absolute atomic E-state index is 12.0. The first-order valence-corrected chi connectivity index (χ1v) is 6.17. The summed E-state index contributed by atoms with van der Waals surface area (Å²) in [6, 6.07) is 0. The molecule has 1 aliphatic heterocycles. The fraction of sp³-hybridized carbons (Fsp3) is 0.917. The van der Waals surface area contributed by atoms with Crippen LogP contribution in [0.5, 0.6) is 0 Å². The third-order valence-corrected chi connectivity index (χ3v) is 2.82. The molecule has 0 aromatic heterocycles. The monoisotopic (exact) mass is 227 g/mol. The first kappa shape index (κ1) is 13.5. The third kappa shape index (κ3) is 4.49. The quantitative estimate of drug-likeness (QED) is 0.741. The molecule has 0 saturated carbocycles. The van der Waals surface area contributed by atoms with Gasteiger partial charge in [0.1, 0.15) is 0 Å². The summed E-state index contributed by atoms with van der Waals surface area (Å²) in [5, 5.41) is 3.05. The van der Waals surface area contributed by atoms with Gasteiger partial charge in [-0.1, -0.05) is 0 Å². The van der Waals surface area contributed by atoms with Crippen molar-refractivity contribution in [1.82, 2.24) is 10.2 Å². The Balaban J connectivity index is 2.44. The van der Waals surface area contributed by atoms with Crippen LogP contribution in [0.2, 0.25) is 0 Å². The zero-order valence-corrected chi connectivity index (χ0v) is 10.8. The van der Waals surface area contributed by atoms with Gasteiger partial charge < -0.3 is 16.0 Å². The zero-order chi connectivity index (χ0) is 12.2. The molecule has 1 aliphatic rings. The predicted molar refractivity (Wildman–Crippen MR) is 66.1 cm³/mol. The highest BCUT2D eigenvalue weighted by Crippen LogP contribution is 2.17. The minimum absolute atomic E-state index is 0.132. The van der Waals surface area contributed by atoms with Crippen molar-refractivity contribution in [2.45, 2.75) is 39.2 Å². The molecular weight excluding hydrogens is 202 g/mol. The molecule has 1 amide bonds. The number of hydrogen-bond donors (Lipinski definition) is 2. The second kappa shape index (κ2) is 5.64. The molecule has 0 spiro atoms. The smallest absolute Gasteiger partial charge is 0.224 e. The van der Waals surface area contributed by atoms with Crippen molar-refractivity contribution in [1.29, 1.82) is 0 Å². The SMILES string of the molecule is CC(C)(C)NC(=O)C1CCCN(CCN)C1. The van der Waals surface area contributed by atoms with Crippen LogP contribution in [0.15, 0.2) is 0 Å². The van der Waals surface area contributed by atoms with Crippen LogP contribution in [0.1, 0.15) is 33.6 Å². The van der Waals surface area contributed by atoms with E-state index in [0.29, 0.717) is 6.54 Å². The summed E-state index contributed by atoms with van der Waals surface area (Å²) in [5.74, 6) is 0.328. The van der Waals surface area contributed by atoms with Crippen LogP contribution in [-0.2, 0) is 4.79 Å². The number of nitrogens with one attached hydrogen (secondary N) is 1. The van der Waals surface area contributed by atoms with Gasteiger partial charge in [-0.2, -0.15) is 0 Å². The number of nitrogens with two attached hydrogens (primary N) is 1. The van der Waals surface area contributed by atoms with Gasteiger partial charge >= 0.3 is 0 Å². The molecule has 0 aliphatic carbocycles. The van der Waals surface area contributed by atoms with Gasteiger partial charge in [-0.05, 0) is 40.2 Å². The number of hydrogen-bond acceptors (Lipinski definition) is 3. The van der Waals surface area contributed by atoms with Gasteiger partial charge in [0.2, 0.25) is 5.91 Å². The molecule has 0 aromatic rings. The molecule has 4 nitrogen and oxygen atoms in total. The van der Waals surface area contributed by atoms with E-state index in [0.717, 1.165) is 32.5 Å². The van der Waals surface area contributed by atoms with Crippen molar-refractivity contribution in [2.75, 3.05) is 26.2 Å². The molecule has 3 N–H and O–H groups in total. The lowest BCUT2D eigenvalue weighted by molar-refractivity contribution is -0.128. The fourth-order valence-corrected chi connectivity index (χ4v) is 2.13. The number of rotatable bonds is 3. The highest BCUT2D eigenvalue weighted by atomic mass is 16.2. The van der Waals surface area contributed by atoms with E-state index >= 15 is 0 Å². The van der Waals surface area contributed by atoms with Gasteiger partial charge in [0.05, 0.1) is 5.92 Å². The van der Waals surface area contributed by atoms with Crippen LogP contribution < -0.4 is 11.1 Å². The molecule has 0 radical (unpaired) electrons. The molecule has 1 rings (SSSR count). The minimum Gasteiger partial charge on any atom is -0.351 e. The van der Waals surface area contributed by atoms with Crippen molar-refractivity contribution in [3.63, 3.8) is 0 Å². The van der Waals surface area contributed by atoms with Crippen LogP contribution in [0.3, 0.4) is 0 Å². The Morgan fingerprint density at radius 2 is 2.19 bits per heavy atom. The standard InChI is InChI=1S/C12H25N3O/c1-12(2,3)14-11(16)10-5-4-7-15(9-10)8-6-13/h10H,4-9,13H2,1-3H3,(H,14,16). The fourth-order valence-electron chi connectivity index (χ4n) is 2.13. The number of likely N-dealkylation sites (tertiary alicyclic amines) is 1. The van der Waals surface area contributed by atoms with E-state index in [4.69, 9.17) is 5.73 Å². The summed E-state index contributed by atoms with van der Waals surface area (Å²) in [6.45, 7) is 9.57. The topological polar surface area (TPSA) is 58.4 Å². The van der Waals surface area contributed by atoms with Crippen LogP contribution >= 0.6 is 0 Å². The molecule has 4 heteroatoms. The minimum atomic E-state index is -0.132. The third-order valence-electron chi connectivity index (χ3n) is 2.82. The molecule has 0 bridgehead atoms. The van der Waals surface area contributed by atoms with Gasteiger partial charge in [0.15, 0.2) is 0 Å². The maximum Gasteiger partial charge on any atom is 0.224 e. The van der Waals surface area contributed by atoms with E-state index in [9.17, 15) is 4.79 Å². The van der Waals surface area contributed by atoms with Gasteiger partial charge in [-0.15, -0.1) is 0 Å². The van der Waals surface area contributed by atoms with E-state index in [2.05, 4.69) is 10.2 Å². The van der Waals surface area contributed by atoms with Crippen LogP contribution in [0, 0.1) is 5.92 Å². The number of carbonyl (C=O) groups is 1. The van der Waals surface area contributed by atoms with E-state index < -0.39 is 0 Å². The first-order valence-electron chi connectivity index (χ1n) is 6.17. The molecule has 0 aromatic carbocycles. The Labute approximate surface area is 98.6 Å². The van der Waals surface area contributed by atoms with E-state index in [-0.39, 0.29) is 17.4 Å². The van der Waals surface area contributed by atoms with E-state index in [1.807, 2.05) is 20.8 Å². The Morgan fingerprint density at radius 1 is 1.50 bits per heavy atom. The number of carbonyl (C=O) groups excluding carboxylic acids is 1. The lowest BCUT2D eigenvalue weighted by Crippen LogP contribution is -2.49. The average Bonchev–Trinajstić information content (AvgIpc) is 2.16. The molecule has 94 valence electrons. The Morgan fingerprint density at radius 3 is 2.75 bits per heavy atom. The molecule has 16 heavy (non-hydrogen) atoms. The van der Waals surface area contributed by atoms with Crippen molar-refractivity contribution in [3.8, 4) is 0 Å². The lowest BCUT2D eigenvalue weighted by Gasteiger charge is -2.33. The Bertz CT molecular complexity index is 233. The van der Waals surface area contributed by atoms with Gasteiger partial charge in [-0.3, -0.25) is 4.79 Å². The molecule has 1 unspecified atom stereocenters. The number of nitrogens with zero attached hydrogens (tertiary/aromatic N) is 1. The summed E-state index contributed by atoms with van der Waals surface area (Å²) in [7, 11) is 0. The molecule has 1 saturated heterocycles. The summed E-state index contributed by atoms with van der Waals surface area (Å²) in [6.07, 6.45) is 2.10. The average molecular weight is 227 g/mol. The Kier molecular flexibility index (Phi) is 4.74. The van der Waals surface area contributed by atoms with E-state index in [1.165, 1.54) is 0 Å². The first-order chi connectivity index (χ1) is 7.42. The lowest BCUT2D eigenvalue weighted by atomic mass is 9.95. The van der Waals surface area contributed by atoms with Crippen LogP contribution in [-0.4, -0.2) is 42.5 Å².